The highest BCUT2D eigenvalue weighted by molar-refractivity contribution is 5.99. The van der Waals surface area contributed by atoms with Gasteiger partial charge in [0, 0.05) is 37.0 Å². The Balaban J connectivity index is 1.70. The molecular weight excluding hydrogens is 389 g/mol. The molecule has 1 aliphatic heterocycles. The number of hydrogen-bond donors (Lipinski definition) is 2. The van der Waals surface area contributed by atoms with E-state index in [0.29, 0.717) is 39.8 Å². The summed E-state index contributed by atoms with van der Waals surface area (Å²) in [5.41, 5.74) is 1.86. The van der Waals surface area contributed by atoms with E-state index in [1.165, 1.54) is 12.1 Å². The number of allylic oxidation sites excluding steroid dienone is 1. The Morgan fingerprint density at radius 1 is 1.33 bits per heavy atom. The van der Waals surface area contributed by atoms with Crippen molar-refractivity contribution in [2.24, 2.45) is 0 Å². The van der Waals surface area contributed by atoms with Crippen LogP contribution in [0.5, 0.6) is 5.75 Å². The quantitative estimate of drug-likeness (QED) is 0.361. The molecule has 3 heterocycles. The molecular formula is C22H20FN3O4. The smallest absolute Gasteiger partial charge is 0.255 e. The summed E-state index contributed by atoms with van der Waals surface area (Å²) in [6, 6.07) is 2.96. The van der Waals surface area contributed by atoms with Gasteiger partial charge in [-0.3, -0.25) is 9.59 Å². The first-order valence-electron chi connectivity index (χ1n) is 9.49. The minimum Gasteiger partial charge on any atom is -0.457 e. The lowest BCUT2D eigenvalue weighted by Gasteiger charge is -2.30. The fraction of sp³-hybridized carbons (Fsp3) is 0.227. The van der Waals surface area contributed by atoms with Gasteiger partial charge in [0.05, 0.1) is 16.8 Å². The van der Waals surface area contributed by atoms with E-state index in [1.54, 1.807) is 31.0 Å². The molecule has 3 aromatic rings. The van der Waals surface area contributed by atoms with Crippen LogP contribution in [0.1, 0.15) is 44.2 Å². The maximum Gasteiger partial charge on any atom is 0.255 e. The molecule has 0 bridgehead atoms. The summed E-state index contributed by atoms with van der Waals surface area (Å²) >= 11 is 0. The molecule has 30 heavy (non-hydrogen) atoms. The predicted octanol–water partition coefficient (Wildman–Crippen LogP) is 4.24. The van der Waals surface area contributed by atoms with Crippen LogP contribution in [0, 0.1) is 25.1 Å². The van der Waals surface area contributed by atoms with Crippen molar-refractivity contribution in [1.29, 1.82) is 5.41 Å². The molecule has 154 valence electrons. The number of aldehydes is 1. The van der Waals surface area contributed by atoms with Crippen LogP contribution in [-0.2, 0) is 0 Å². The van der Waals surface area contributed by atoms with Gasteiger partial charge in [-0.2, -0.15) is 4.39 Å². The zero-order valence-corrected chi connectivity index (χ0v) is 16.5. The standard InChI is InChI=1S/C22H20FN3O4/c1-12-15(22(28)26-8-3-9-26)10-25-20(12)18(6-7-24)30-17-5-4-14-16(11-27)13(2)29-21(14)19(17)23/h4-7,10-11,24-25H,3,8-9H2,1-2H3/b18-6+,24-7?. The van der Waals surface area contributed by atoms with Crippen LogP contribution < -0.4 is 4.74 Å². The van der Waals surface area contributed by atoms with E-state index in [0.717, 1.165) is 25.7 Å². The van der Waals surface area contributed by atoms with Crippen molar-refractivity contribution in [2.75, 3.05) is 13.1 Å². The molecule has 1 amide bonds. The number of furan rings is 1. The van der Waals surface area contributed by atoms with Crippen LogP contribution in [0.2, 0.25) is 0 Å². The molecule has 2 N–H and O–H groups in total. The van der Waals surface area contributed by atoms with Crippen molar-refractivity contribution in [3.63, 3.8) is 0 Å². The third kappa shape index (κ3) is 3.10. The van der Waals surface area contributed by atoms with Crippen molar-refractivity contribution in [1.82, 2.24) is 9.88 Å². The van der Waals surface area contributed by atoms with E-state index in [2.05, 4.69) is 4.98 Å². The fourth-order valence-electron chi connectivity index (χ4n) is 3.50. The number of likely N-dealkylation sites (tertiary alicyclic amines) is 1. The number of nitrogens with zero attached hydrogens (tertiary/aromatic N) is 1. The number of H-pyrrole nitrogens is 1. The Labute approximate surface area is 171 Å². The van der Waals surface area contributed by atoms with Crippen molar-refractivity contribution in [2.45, 2.75) is 20.3 Å². The molecule has 8 heteroatoms. The summed E-state index contributed by atoms with van der Waals surface area (Å²) in [4.78, 5) is 28.5. The summed E-state index contributed by atoms with van der Waals surface area (Å²) in [7, 11) is 0. The molecule has 0 spiro atoms. The third-order valence-electron chi connectivity index (χ3n) is 5.32. The van der Waals surface area contributed by atoms with Gasteiger partial charge < -0.3 is 24.4 Å². The molecule has 1 aromatic carbocycles. The average molecular weight is 409 g/mol. The number of benzene rings is 1. The van der Waals surface area contributed by atoms with E-state index in [4.69, 9.17) is 14.6 Å². The Kier molecular flexibility index (Phi) is 4.99. The molecule has 2 aromatic heterocycles. The zero-order chi connectivity index (χ0) is 21.4. The third-order valence-corrected chi connectivity index (χ3v) is 5.32. The molecule has 0 saturated carbocycles. The van der Waals surface area contributed by atoms with Crippen molar-refractivity contribution in [3.8, 4) is 5.75 Å². The second kappa shape index (κ2) is 7.62. The van der Waals surface area contributed by atoms with Crippen molar-refractivity contribution < 1.29 is 23.1 Å². The van der Waals surface area contributed by atoms with Gasteiger partial charge in [-0.1, -0.05) is 0 Å². The summed E-state index contributed by atoms with van der Waals surface area (Å²) in [5.74, 6) is -0.439. The zero-order valence-electron chi connectivity index (χ0n) is 16.5. The number of carbonyl (C=O) groups excluding carboxylic acids is 2. The van der Waals surface area contributed by atoms with Crippen LogP contribution in [0.4, 0.5) is 4.39 Å². The predicted molar refractivity (Wildman–Crippen MR) is 110 cm³/mol. The Hall–Kier alpha value is -3.68. The first-order chi connectivity index (χ1) is 14.5. The summed E-state index contributed by atoms with van der Waals surface area (Å²) in [5, 5.41) is 7.80. The Morgan fingerprint density at radius 2 is 2.10 bits per heavy atom. The first kappa shape index (κ1) is 19.6. The normalized spacial score (nSPS) is 14.0. The van der Waals surface area contributed by atoms with Crippen LogP contribution in [0.15, 0.2) is 28.8 Å². The van der Waals surface area contributed by atoms with Gasteiger partial charge in [-0.25, -0.2) is 0 Å². The highest BCUT2D eigenvalue weighted by atomic mass is 19.1. The summed E-state index contributed by atoms with van der Waals surface area (Å²) in [6.45, 7) is 4.82. The number of halogens is 1. The number of fused-ring (bicyclic) bond motifs is 1. The van der Waals surface area contributed by atoms with Gasteiger partial charge in [0.15, 0.2) is 23.4 Å². The fourth-order valence-corrected chi connectivity index (χ4v) is 3.50. The maximum atomic E-state index is 15.0. The minimum atomic E-state index is -0.749. The molecule has 1 fully saturated rings. The Bertz CT molecular complexity index is 1200. The molecule has 0 radical (unpaired) electrons. The van der Waals surface area contributed by atoms with Crippen LogP contribution in [0.25, 0.3) is 16.7 Å². The number of nitrogens with one attached hydrogen (secondary N) is 2. The molecule has 0 aliphatic carbocycles. The second-order valence-electron chi connectivity index (χ2n) is 7.09. The lowest BCUT2D eigenvalue weighted by molar-refractivity contribution is 0.0651. The SMILES string of the molecule is Cc1oc2c(F)c(O/C(=C/C=N)c3[nH]cc(C(=O)N4CCC4)c3C)ccc2c1C=O. The van der Waals surface area contributed by atoms with E-state index in [1.807, 2.05) is 0 Å². The monoisotopic (exact) mass is 409 g/mol. The lowest BCUT2D eigenvalue weighted by atomic mass is 10.1. The van der Waals surface area contributed by atoms with E-state index in [-0.39, 0.29) is 23.0 Å². The molecule has 4 rings (SSSR count). The maximum absolute atomic E-state index is 15.0. The number of amides is 1. The van der Waals surface area contributed by atoms with E-state index in [9.17, 15) is 9.59 Å². The van der Waals surface area contributed by atoms with Crippen LogP contribution >= 0.6 is 0 Å². The first-order valence-corrected chi connectivity index (χ1v) is 9.49. The average Bonchev–Trinajstić information content (AvgIpc) is 3.21. The van der Waals surface area contributed by atoms with Gasteiger partial charge >= 0.3 is 0 Å². The summed E-state index contributed by atoms with van der Waals surface area (Å²) in [6.07, 6.45) is 5.60. The van der Waals surface area contributed by atoms with E-state index >= 15 is 4.39 Å². The number of aromatic amines is 1. The van der Waals surface area contributed by atoms with Crippen molar-refractivity contribution >= 4 is 35.1 Å². The van der Waals surface area contributed by atoms with Gasteiger partial charge in [0.2, 0.25) is 5.82 Å². The van der Waals surface area contributed by atoms with Crippen LogP contribution in [0.3, 0.4) is 0 Å². The number of carbonyl (C=O) groups is 2. The lowest BCUT2D eigenvalue weighted by Crippen LogP contribution is -2.42. The van der Waals surface area contributed by atoms with Crippen molar-refractivity contribution in [3.05, 3.63) is 58.4 Å². The largest absolute Gasteiger partial charge is 0.457 e. The minimum absolute atomic E-state index is 0.0711. The number of aromatic nitrogens is 1. The highest BCUT2D eigenvalue weighted by Crippen LogP contribution is 2.34. The second-order valence-corrected chi connectivity index (χ2v) is 7.09. The molecule has 1 saturated heterocycles. The Morgan fingerprint density at radius 3 is 2.73 bits per heavy atom. The number of hydrogen-bond acceptors (Lipinski definition) is 5. The van der Waals surface area contributed by atoms with Gasteiger partial charge in [-0.05, 0) is 38.0 Å². The summed E-state index contributed by atoms with van der Waals surface area (Å²) < 4.78 is 26.2. The van der Waals surface area contributed by atoms with E-state index < -0.39 is 5.82 Å². The van der Waals surface area contributed by atoms with Gasteiger partial charge in [0.25, 0.3) is 5.91 Å². The molecule has 7 nitrogen and oxygen atoms in total. The number of ether oxygens (including phenoxy) is 1. The van der Waals surface area contributed by atoms with Gasteiger partial charge in [-0.15, -0.1) is 0 Å². The molecule has 0 unspecified atom stereocenters. The van der Waals surface area contributed by atoms with Gasteiger partial charge in [0.1, 0.15) is 5.76 Å². The molecule has 1 aliphatic rings. The molecule has 0 atom stereocenters. The topological polar surface area (TPSA) is 99.4 Å². The number of aryl methyl sites for hydroxylation is 1. The van der Waals surface area contributed by atoms with Crippen LogP contribution in [-0.4, -0.2) is 41.4 Å². The highest BCUT2D eigenvalue weighted by Gasteiger charge is 2.26. The number of rotatable bonds is 6.